The quantitative estimate of drug-likeness (QED) is 0.225. The van der Waals surface area contributed by atoms with Crippen LogP contribution in [0.5, 0.6) is 0 Å². The van der Waals surface area contributed by atoms with Gasteiger partial charge in [-0.15, -0.1) is 0 Å². The van der Waals surface area contributed by atoms with Crippen LogP contribution in [-0.2, 0) is 32.0 Å². The molecule has 1 saturated carbocycles. The van der Waals surface area contributed by atoms with Gasteiger partial charge in [0.05, 0.1) is 12.5 Å². The molecule has 1 heterocycles. The molecule has 2 aromatic carbocycles. The molecule has 4 N–H and O–H groups in total. The van der Waals surface area contributed by atoms with E-state index < -0.39 is 47.7 Å². The van der Waals surface area contributed by atoms with Crippen LogP contribution >= 0.6 is 0 Å². The number of likely N-dealkylation sites (N-methyl/N-ethyl adjacent to an activating group) is 1. The maximum atomic E-state index is 14.5. The third-order valence-corrected chi connectivity index (χ3v) is 8.23. The van der Waals surface area contributed by atoms with Crippen LogP contribution in [0.3, 0.4) is 0 Å². The monoisotopic (exact) mass is 608 g/mol. The summed E-state index contributed by atoms with van der Waals surface area (Å²) in [6.45, 7) is 1.68. The van der Waals surface area contributed by atoms with E-state index in [2.05, 4.69) is 15.6 Å². The average Bonchev–Trinajstić information content (AvgIpc) is 3.41. The summed E-state index contributed by atoms with van der Waals surface area (Å²) < 4.78 is 20.0. The minimum atomic E-state index is -1.50. The maximum Gasteiger partial charge on any atom is 0.408 e. The zero-order valence-corrected chi connectivity index (χ0v) is 25.2. The van der Waals surface area contributed by atoms with Gasteiger partial charge in [-0.3, -0.25) is 14.4 Å². The van der Waals surface area contributed by atoms with Gasteiger partial charge in [0.25, 0.3) is 0 Å². The maximum absolute atomic E-state index is 14.5. The Hall–Kier alpha value is -4.41. The number of aromatic nitrogens is 1. The van der Waals surface area contributed by atoms with Gasteiger partial charge in [0.15, 0.2) is 0 Å². The van der Waals surface area contributed by atoms with Crippen LogP contribution in [0, 0.1) is 0 Å². The second-order valence-corrected chi connectivity index (χ2v) is 11.7. The summed E-state index contributed by atoms with van der Waals surface area (Å²) in [6, 6.07) is 16.5. The molecule has 4 rings (SSSR count). The smallest absolute Gasteiger partial charge is 0.408 e. The lowest BCUT2D eigenvalue weighted by atomic mass is 9.90. The van der Waals surface area contributed by atoms with Crippen molar-refractivity contribution in [3.8, 4) is 0 Å². The minimum absolute atomic E-state index is 0.0643. The molecule has 4 unspecified atom stereocenters. The van der Waals surface area contributed by atoms with Crippen molar-refractivity contribution >= 4 is 34.8 Å². The van der Waals surface area contributed by atoms with Crippen molar-refractivity contribution in [3.63, 3.8) is 0 Å². The van der Waals surface area contributed by atoms with E-state index in [1.807, 2.05) is 54.6 Å². The molecule has 1 aromatic heterocycles. The Labute approximate surface area is 256 Å². The summed E-state index contributed by atoms with van der Waals surface area (Å²) in [5, 5.41) is 15.4. The highest BCUT2D eigenvalue weighted by molar-refractivity contribution is 5.92. The number of alkyl carbamates (subject to hydrolysis) is 1. The molecule has 3 amide bonds. The van der Waals surface area contributed by atoms with Crippen molar-refractivity contribution in [3.05, 3.63) is 71.9 Å². The van der Waals surface area contributed by atoms with Crippen LogP contribution in [0.25, 0.3) is 10.9 Å². The number of carbonyl (C=O) groups excluding carboxylic acids is 3. The van der Waals surface area contributed by atoms with Gasteiger partial charge in [-0.1, -0.05) is 55.0 Å². The lowest BCUT2D eigenvalue weighted by molar-refractivity contribution is -0.139. The number of aliphatic carboxylic acids is 1. The molecule has 0 spiro atoms. The number of hydrogen-bond donors (Lipinski definition) is 4. The third kappa shape index (κ3) is 8.58. The molecule has 44 heavy (non-hydrogen) atoms. The standard InChI is InChI=1S/C33H41FN4O6/c1-33(19-23-20-35-27-14-8-6-12-25(23)27,37-32(43)44-28-15-9-7-13-26(28)34)31(42)38(2)24(18-22-10-4-3-5-11-22)21-36-29(39)16-17-30(40)41/h3-6,8,10-12,14,20,24,26,28,35H,7,9,13,15-19,21H2,1-2H3,(H,36,39)(H,37,43)(H,40,41). The SMILES string of the molecule is CN(C(=O)C(C)(Cc1c[nH]c2ccccc12)NC(=O)OC1CCCCC1F)C(CNC(=O)CCC(=O)O)Cc1ccccc1. The number of ether oxygens (including phenoxy) is 1. The van der Waals surface area contributed by atoms with Gasteiger partial charge in [-0.25, -0.2) is 9.18 Å². The molecule has 4 atom stereocenters. The second kappa shape index (κ2) is 14.9. The summed E-state index contributed by atoms with van der Waals surface area (Å²) in [6.07, 6.45) is 1.04. The second-order valence-electron chi connectivity index (χ2n) is 11.7. The van der Waals surface area contributed by atoms with E-state index >= 15 is 0 Å². The summed E-state index contributed by atoms with van der Waals surface area (Å²) in [7, 11) is 1.61. The molecule has 0 aliphatic heterocycles. The third-order valence-electron chi connectivity index (χ3n) is 8.23. The van der Waals surface area contributed by atoms with Crippen molar-refractivity contribution in [2.75, 3.05) is 13.6 Å². The van der Waals surface area contributed by atoms with E-state index in [1.165, 1.54) is 4.90 Å². The number of carboxylic acids is 1. The van der Waals surface area contributed by atoms with E-state index in [4.69, 9.17) is 9.84 Å². The van der Waals surface area contributed by atoms with Crippen molar-refractivity contribution < 1.29 is 33.4 Å². The molecule has 1 aliphatic carbocycles. The summed E-state index contributed by atoms with van der Waals surface area (Å²) >= 11 is 0. The normalized spacial score (nSPS) is 18.5. The first-order valence-corrected chi connectivity index (χ1v) is 15.0. The number of carbonyl (C=O) groups is 4. The largest absolute Gasteiger partial charge is 0.481 e. The Balaban J connectivity index is 1.59. The van der Waals surface area contributed by atoms with Crippen molar-refractivity contribution in [1.29, 1.82) is 0 Å². The lowest BCUT2D eigenvalue weighted by Gasteiger charge is -2.38. The summed E-state index contributed by atoms with van der Waals surface area (Å²) in [4.78, 5) is 55.6. The van der Waals surface area contributed by atoms with Crippen LogP contribution < -0.4 is 10.6 Å². The zero-order chi connectivity index (χ0) is 31.7. The number of rotatable bonds is 13. The molecule has 236 valence electrons. The highest BCUT2D eigenvalue weighted by Crippen LogP contribution is 2.27. The van der Waals surface area contributed by atoms with Gasteiger partial charge in [-0.05, 0) is 49.8 Å². The van der Waals surface area contributed by atoms with Gasteiger partial charge in [0.2, 0.25) is 11.8 Å². The van der Waals surface area contributed by atoms with Gasteiger partial charge in [-0.2, -0.15) is 0 Å². The molecule has 11 heteroatoms. The van der Waals surface area contributed by atoms with Crippen molar-refractivity contribution in [1.82, 2.24) is 20.5 Å². The topological polar surface area (TPSA) is 141 Å². The first kappa shape index (κ1) is 32.5. The van der Waals surface area contributed by atoms with Gasteiger partial charge < -0.3 is 30.4 Å². The first-order valence-electron chi connectivity index (χ1n) is 15.0. The molecule has 1 fully saturated rings. The van der Waals surface area contributed by atoms with Crippen LogP contribution in [0.4, 0.5) is 9.18 Å². The number of carboxylic acid groups (broad SMARTS) is 1. The number of benzene rings is 2. The van der Waals surface area contributed by atoms with E-state index in [-0.39, 0.29) is 25.8 Å². The fraction of sp³-hybridized carbons (Fsp3) is 0.455. The highest BCUT2D eigenvalue weighted by atomic mass is 19.1. The molecule has 3 aromatic rings. The Bertz CT molecular complexity index is 1450. The van der Waals surface area contributed by atoms with Crippen molar-refractivity contribution in [2.24, 2.45) is 0 Å². The molecule has 0 bridgehead atoms. The van der Waals surface area contributed by atoms with Crippen LogP contribution in [0.1, 0.15) is 56.6 Å². The van der Waals surface area contributed by atoms with E-state index in [0.717, 1.165) is 34.9 Å². The number of H-pyrrole nitrogens is 1. The van der Waals surface area contributed by atoms with E-state index in [0.29, 0.717) is 19.3 Å². The predicted octanol–water partition coefficient (Wildman–Crippen LogP) is 4.53. The van der Waals surface area contributed by atoms with Gasteiger partial charge in [0, 0.05) is 43.5 Å². The Morgan fingerprint density at radius 2 is 1.77 bits per heavy atom. The highest BCUT2D eigenvalue weighted by Gasteiger charge is 2.41. The van der Waals surface area contributed by atoms with Crippen LogP contribution in [0.2, 0.25) is 0 Å². The zero-order valence-electron chi connectivity index (χ0n) is 25.2. The molecular weight excluding hydrogens is 567 g/mol. The van der Waals surface area contributed by atoms with Crippen LogP contribution in [-0.4, -0.2) is 76.3 Å². The molecule has 0 saturated heterocycles. The van der Waals surface area contributed by atoms with E-state index in [9.17, 15) is 23.6 Å². The number of aromatic amines is 1. The number of halogens is 1. The summed E-state index contributed by atoms with van der Waals surface area (Å²) in [5.41, 5.74) is 1.10. The molecule has 0 radical (unpaired) electrons. The van der Waals surface area contributed by atoms with Crippen molar-refractivity contribution in [2.45, 2.75) is 82.1 Å². The average molecular weight is 609 g/mol. The predicted molar refractivity (Wildman–Crippen MR) is 164 cm³/mol. The fourth-order valence-electron chi connectivity index (χ4n) is 5.74. The number of fused-ring (bicyclic) bond motifs is 1. The molecular formula is C33H41FN4O6. The Morgan fingerprint density at radius 1 is 1.07 bits per heavy atom. The van der Waals surface area contributed by atoms with Gasteiger partial charge >= 0.3 is 12.1 Å². The molecule has 1 aliphatic rings. The number of para-hydroxylation sites is 1. The lowest BCUT2D eigenvalue weighted by Crippen LogP contribution is -2.61. The number of amides is 3. The fourth-order valence-corrected chi connectivity index (χ4v) is 5.74. The Kier molecular flexibility index (Phi) is 11.0. The minimum Gasteiger partial charge on any atom is -0.481 e. The number of nitrogens with zero attached hydrogens (tertiary/aromatic N) is 1. The number of hydrogen-bond acceptors (Lipinski definition) is 5. The van der Waals surface area contributed by atoms with Crippen LogP contribution in [0.15, 0.2) is 60.8 Å². The Morgan fingerprint density at radius 3 is 2.50 bits per heavy atom. The number of nitrogens with one attached hydrogen (secondary N) is 3. The van der Waals surface area contributed by atoms with E-state index in [1.54, 1.807) is 20.2 Å². The first-order chi connectivity index (χ1) is 21.1. The molecule has 10 nitrogen and oxygen atoms in total. The number of alkyl halides is 1. The van der Waals surface area contributed by atoms with Gasteiger partial charge in [0.1, 0.15) is 17.8 Å². The summed E-state index contributed by atoms with van der Waals surface area (Å²) in [5.74, 6) is -1.95.